The van der Waals surface area contributed by atoms with Crippen LogP contribution in [0.2, 0.25) is 0 Å². The maximum Gasteiger partial charge on any atom is 0.178 e. The first-order chi connectivity index (χ1) is 21.7. The number of fused-ring (bicyclic) bond motifs is 2. The lowest BCUT2D eigenvalue weighted by molar-refractivity contribution is 0.160. The third kappa shape index (κ3) is 4.35. The van der Waals surface area contributed by atoms with Crippen LogP contribution in [0.4, 0.5) is 0 Å². The highest BCUT2D eigenvalue weighted by atomic mass is 16.5. The van der Waals surface area contributed by atoms with E-state index in [2.05, 4.69) is 158 Å². The van der Waals surface area contributed by atoms with Gasteiger partial charge in [0.2, 0.25) is 0 Å². The van der Waals surface area contributed by atoms with Crippen molar-refractivity contribution >= 4 is 12.2 Å². The van der Waals surface area contributed by atoms with E-state index in [-0.39, 0.29) is 0 Å². The van der Waals surface area contributed by atoms with Crippen LogP contribution in [0.15, 0.2) is 170 Å². The van der Waals surface area contributed by atoms with Gasteiger partial charge in [0.1, 0.15) is 11.5 Å². The van der Waals surface area contributed by atoms with Crippen LogP contribution in [-0.4, -0.2) is 0 Å². The van der Waals surface area contributed by atoms with Crippen LogP contribution in [0.1, 0.15) is 33.4 Å². The molecular weight excluding hydrogens is 536 g/mol. The van der Waals surface area contributed by atoms with Crippen LogP contribution in [-0.2, 0) is 11.2 Å². The molecular formula is C42H30O2. The zero-order valence-electron chi connectivity index (χ0n) is 24.1. The lowest BCUT2D eigenvalue weighted by atomic mass is 9.83. The number of hydrogen-bond donors (Lipinski definition) is 0. The molecule has 0 aromatic heterocycles. The van der Waals surface area contributed by atoms with Gasteiger partial charge in [0, 0.05) is 33.4 Å². The van der Waals surface area contributed by atoms with E-state index in [0.717, 1.165) is 56.0 Å². The molecule has 6 aromatic carbocycles. The first kappa shape index (κ1) is 26.1. The second kappa shape index (κ2) is 10.6. The molecule has 0 bridgehead atoms. The Labute approximate surface area is 258 Å². The molecule has 0 aliphatic carbocycles. The molecule has 44 heavy (non-hydrogen) atoms. The van der Waals surface area contributed by atoms with Gasteiger partial charge in [-0.1, -0.05) is 158 Å². The van der Waals surface area contributed by atoms with Crippen LogP contribution >= 0.6 is 0 Å². The maximum atomic E-state index is 6.99. The van der Waals surface area contributed by atoms with E-state index in [1.54, 1.807) is 0 Å². The SMILES string of the molecule is C1=CC(c2ccccc2)(c2ccccc2)Oc2cc(-c3ccc4c(c3)OC(c3ccccc3)(c3ccccc3)C=C4)ccc21. The number of ether oxygens (including phenoxy) is 2. The highest BCUT2D eigenvalue weighted by molar-refractivity contribution is 5.76. The van der Waals surface area contributed by atoms with Crippen molar-refractivity contribution in [2.45, 2.75) is 11.2 Å². The third-order valence-electron chi connectivity index (χ3n) is 8.71. The molecule has 0 fully saturated rings. The number of rotatable bonds is 5. The van der Waals surface area contributed by atoms with Crippen molar-refractivity contribution in [3.63, 3.8) is 0 Å². The van der Waals surface area contributed by atoms with E-state index >= 15 is 0 Å². The Bertz CT molecular complexity index is 1760. The molecule has 2 aliphatic rings. The van der Waals surface area contributed by atoms with Gasteiger partial charge in [-0.15, -0.1) is 0 Å². The van der Waals surface area contributed by atoms with Crippen molar-refractivity contribution in [1.82, 2.24) is 0 Å². The fraction of sp³-hybridized carbons (Fsp3) is 0.0476. The smallest absolute Gasteiger partial charge is 0.178 e. The van der Waals surface area contributed by atoms with Crippen LogP contribution < -0.4 is 9.47 Å². The molecule has 0 saturated carbocycles. The summed E-state index contributed by atoms with van der Waals surface area (Å²) in [6.45, 7) is 0. The van der Waals surface area contributed by atoms with Gasteiger partial charge in [-0.25, -0.2) is 0 Å². The van der Waals surface area contributed by atoms with Gasteiger partial charge < -0.3 is 9.47 Å². The molecule has 0 radical (unpaired) electrons. The lowest BCUT2D eigenvalue weighted by Crippen LogP contribution is -2.34. The monoisotopic (exact) mass is 566 g/mol. The average molecular weight is 567 g/mol. The second-order valence-electron chi connectivity index (χ2n) is 11.3. The topological polar surface area (TPSA) is 18.5 Å². The summed E-state index contributed by atoms with van der Waals surface area (Å²) in [6.07, 6.45) is 8.70. The van der Waals surface area contributed by atoms with E-state index in [0.29, 0.717) is 0 Å². The molecule has 2 nitrogen and oxygen atoms in total. The zero-order valence-corrected chi connectivity index (χ0v) is 24.1. The summed E-state index contributed by atoms with van der Waals surface area (Å²) in [5.41, 5.74) is 7.17. The van der Waals surface area contributed by atoms with Gasteiger partial charge in [-0.2, -0.15) is 0 Å². The summed E-state index contributed by atoms with van der Waals surface area (Å²) in [6, 6.07) is 54.6. The van der Waals surface area contributed by atoms with Crippen molar-refractivity contribution in [1.29, 1.82) is 0 Å². The maximum absolute atomic E-state index is 6.99. The Morgan fingerprint density at radius 2 is 0.659 bits per heavy atom. The Balaban J connectivity index is 1.19. The Kier molecular flexibility index (Phi) is 6.27. The average Bonchev–Trinajstić information content (AvgIpc) is 3.12. The highest BCUT2D eigenvalue weighted by Crippen LogP contribution is 2.46. The molecule has 0 unspecified atom stereocenters. The summed E-state index contributed by atoms with van der Waals surface area (Å²) in [7, 11) is 0. The minimum atomic E-state index is -0.719. The summed E-state index contributed by atoms with van der Waals surface area (Å²) < 4.78 is 14.0. The van der Waals surface area contributed by atoms with Crippen molar-refractivity contribution in [2.24, 2.45) is 0 Å². The standard InChI is InChI=1S/C42H30O2/c1-5-13-35(14-6-1)41(36-15-7-2-8-16-36)27-25-31-21-23-33(29-39(31)43-41)34-24-22-32-26-28-42(44-40(32)30-34,37-17-9-3-10-18-37)38-19-11-4-12-20-38/h1-30H. The molecule has 210 valence electrons. The molecule has 2 heterocycles. The molecule has 8 rings (SSSR count). The summed E-state index contributed by atoms with van der Waals surface area (Å²) in [5, 5.41) is 0. The Hall–Kier alpha value is -5.60. The van der Waals surface area contributed by atoms with E-state index in [1.165, 1.54) is 0 Å². The normalized spacial score (nSPS) is 15.4. The predicted octanol–water partition coefficient (Wildman–Crippen LogP) is 10.1. The highest BCUT2D eigenvalue weighted by Gasteiger charge is 2.38. The fourth-order valence-electron chi connectivity index (χ4n) is 6.41. The van der Waals surface area contributed by atoms with Crippen LogP contribution in [0.5, 0.6) is 11.5 Å². The van der Waals surface area contributed by atoms with Gasteiger partial charge in [0.15, 0.2) is 11.2 Å². The first-order valence-corrected chi connectivity index (χ1v) is 15.0. The van der Waals surface area contributed by atoms with Gasteiger partial charge in [-0.3, -0.25) is 0 Å². The predicted molar refractivity (Wildman–Crippen MR) is 179 cm³/mol. The number of benzene rings is 6. The molecule has 0 atom stereocenters. The molecule has 2 heteroatoms. The fourth-order valence-corrected chi connectivity index (χ4v) is 6.41. The largest absolute Gasteiger partial charge is 0.473 e. The summed E-state index contributed by atoms with van der Waals surface area (Å²) in [4.78, 5) is 0. The zero-order chi connectivity index (χ0) is 29.4. The summed E-state index contributed by atoms with van der Waals surface area (Å²) >= 11 is 0. The minimum absolute atomic E-state index is 0.719. The molecule has 0 N–H and O–H groups in total. The first-order valence-electron chi connectivity index (χ1n) is 15.0. The van der Waals surface area contributed by atoms with E-state index in [1.807, 2.05) is 24.3 Å². The lowest BCUT2D eigenvalue weighted by Gasteiger charge is -2.36. The Morgan fingerprint density at radius 1 is 0.341 bits per heavy atom. The van der Waals surface area contributed by atoms with E-state index in [9.17, 15) is 0 Å². The van der Waals surface area contributed by atoms with Crippen molar-refractivity contribution in [3.8, 4) is 22.6 Å². The van der Waals surface area contributed by atoms with Gasteiger partial charge in [-0.05, 0) is 35.4 Å². The second-order valence-corrected chi connectivity index (χ2v) is 11.3. The minimum Gasteiger partial charge on any atom is -0.473 e. The van der Waals surface area contributed by atoms with E-state index in [4.69, 9.17) is 9.47 Å². The van der Waals surface area contributed by atoms with E-state index < -0.39 is 11.2 Å². The molecule has 6 aromatic rings. The van der Waals surface area contributed by atoms with Crippen molar-refractivity contribution in [3.05, 3.63) is 203 Å². The van der Waals surface area contributed by atoms with Crippen LogP contribution in [0, 0.1) is 0 Å². The number of hydrogen-bond acceptors (Lipinski definition) is 2. The quantitative estimate of drug-likeness (QED) is 0.207. The van der Waals surface area contributed by atoms with Gasteiger partial charge in [0.25, 0.3) is 0 Å². The molecule has 0 spiro atoms. The molecule has 2 aliphatic heterocycles. The molecule has 0 saturated heterocycles. The molecule has 0 amide bonds. The summed E-state index contributed by atoms with van der Waals surface area (Å²) in [5.74, 6) is 1.69. The van der Waals surface area contributed by atoms with Gasteiger partial charge >= 0.3 is 0 Å². The van der Waals surface area contributed by atoms with Crippen LogP contribution in [0.25, 0.3) is 23.3 Å². The third-order valence-corrected chi connectivity index (χ3v) is 8.71. The van der Waals surface area contributed by atoms with Crippen molar-refractivity contribution < 1.29 is 9.47 Å². The van der Waals surface area contributed by atoms with Crippen molar-refractivity contribution in [2.75, 3.05) is 0 Å². The Morgan fingerprint density at radius 3 is 0.977 bits per heavy atom. The van der Waals surface area contributed by atoms with Crippen LogP contribution in [0.3, 0.4) is 0 Å². The van der Waals surface area contributed by atoms with Gasteiger partial charge in [0.05, 0.1) is 0 Å².